The van der Waals surface area contributed by atoms with Crippen molar-refractivity contribution in [3.63, 3.8) is 0 Å². The predicted molar refractivity (Wildman–Crippen MR) is 74.7 cm³/mol. The van der Waals surface area contributed by atoms with Gasteiger partial charge in [-0.2, -0.15) is 5.10 Å². The fourth-order valence-corrected chi connectivity index (χ4v) is 2.29. The van der Waals surface area contributed by atoms with Gasteiger partial charge in [-0.05, 0) is 30.7 Å². The van der Waals surface area contributed by atoms with Gasteiger partial charge >= 0.3 is 0 Å². The Labute approximate surface area is 115 Å². The Bertz CT molecular complexity index is 718. The van der Waals surface area contributed by atoms with E-state index in [-0.39, 0.29) is 11.8 Å². The van der Waals surface area contributed by atoms with E-state index in [2.05, 4.69) is 15.7 Å². The number of carbonyl (C=O) groups excluding carboxylic acids is 2. The number of aromatic nitrogens is 2. The van der Waals surface area contributed by atoms with Crippen molar-refractivity contribution in [2.75, 3.05) is 10.6 Å². The van der Waals surface area contributed by atoms with Crippen molar-refractivity contribution in [3.8, 4) is 0 Å². The van der Waals surface area contributed by atoms with E-state index >= 15 is 0 Å². The minimum absolute atomic E-state index is 0.0418. The van der Waals surface area contributed by atoms with E-state index in [0.717, 1.165) is 16.9 Å². The first-order chi connectivity index (χ1) is 9.52. The quantitative estimate of drug-likeness (QED) is 0.867. The predicted octanol–water partition coefficient (Wildman–Crippen LogP) is 1.48. The van der Waals surface area contributed by atoms with Gasteiger partial charge in [0.1, 0.15) is 5.82 Å². The Balaban J connectivity index is 1.83. The molecule has 102 valence electrons. The number of hydrogen-bond acceptors (Lipinski definition) is 3. The van der Waals surface area contributed by atoms with Crippen molar-refractivity contribution in [2.24, 2.45) is 7.05 Å². The number of nitrogens with one attached hydrogen (secondary N) is 2. The monoisotopic (exact) mass is 270 g/mol. The molecule has 2 heterocycles. The first-order valence-electron chi connectivity index (χ1n) is 6.28. The van der Waals surface area contributed by atoms with Crippen LogP contribution in [0.15, 0.2) is 24.3 Å². The Morgan fingerprint density at radius 1 is 1.40 bits per heavy atom. The molecule has 2 amide bonds. The highest BCUT2D eigenvalue weighted by atomic mass is 16.2. The van der Waals surface area contributed by atoms with Crippen molar-refractivity contribution in [1.29, 1.82) is 0 Å². The molecular formula is C14H14N4O2. The van der Waals surface area contributed by atoms with Gasteiger partial charge in [-0.3, -0.25) is 14.3 Å². The molecule has 0 saturated heterocycles. The second-order valence-electron chi connectivity index (χ2n) is 4.85. The standard InChI is InChI=1S/C14H14N4O2/c1-8-5-12(18(2)17-8)16-14(20)9-3-4-11-10(6-9)7-13(19)15-11/h3-6H,7H2,1-2H3,(H,15,19)(H,16,20). The molecule has 20 heavy (non-hydrogen) atoms. The second kappa shape index (κ2) is 4.48. The number of hydrogen-bond donors (Lipinski definition) is 2. The molecule has 2 N–H and O–H groups in total. The lowest BCUT2D eigenvalue weighted by atomic mass is 10.1. The molecule has 3 rings (SSSR count). The van der Waals surface area contributed by atoms with Crippen LogP contribution in [-0.4, -0.2) is 21.6 Å². The van der Waals surface area contributed by atoms with Crippen molar-refractivity contribution in [1.82, 2.24) is 9.78 Å². The number of amides is 2. The SMILES string of the molecule is Cc1cc(NC(=O)c2ccc3c(c2)CC(=O)N3)n(C)n1. The summed E-state index contributed by atoms with van der Waals surface area (Å²) in [6.45, 7) is 1.86. The fraction of sp³-hybridized carbons (Fsp3) is 0.214. The van der Waals surface area contributed by atoms with Crippen molar-refractivity contribution >= 4 is 23.3 Å². The third kappa shape index (κ3) is 2.16. The smallest absolute Gasteiger partial charge is 0.256 e. The highest BCUT2D eigenvalue weighted by Gasteiger charge is 2.19. The molecule has 0 fully saturated rings. The Hall–Kier alpha value is -2.63. The Kier molecular flexibility index (Phi) is 2.78. The van der Waals surface area contributed by atoms with Gasteiger partial charge in [0.2, 0.25) is 5.91 Å². The van der Waals surface area contributed by atoms with Crippen LogP contribution < -0.4 is 10.6 Å². The van der Waals surface area contributed by atoms with Crippen LogP contribution in [0.5, 0.6) is 0 Å². The van der Waals surface area contributed by atoms with Gasteiger partial charge in [0.25, 0.3) is 5.91 Å². The molecule has 0 saturated carbocycles. The van der Waals surface area contributed by atoms with E-state index in [9.17, 15) is 9.59 Å². The average Bonchev–Trinajstić information content (AvgIpc) is 2.90. The summed E-state index contributed by atoms with van der Waals surface area (Å²) in [6, 6.07) is 6.99. The summed E-state index contributed by atoms with van der Waals surface area (Å²) in [5.74, 6) is 0.386. The number of nitrogens with zero attached hydrogens (tertiary/aromatic N) is 2. The molecule has 0 radical (unpaired) electrons. The molecule has 0 bridgehead atoms. The summed E-state index contributed by atoms with van der Waals surface area (Å²) in [4.78, 5) is 23.5. The van der Waals surface area contributed by atoms with Crippen molar-refractivity contribution in [2.45, 2.75) is 13.3 Å². The van der Waals surface area contributed by atoms with Crippen LogP contribution in [0, 0.1) is 6.92 Å². The van der Waals surface area contributed by atoms with Crippen molar-refractivity contribution in [3.05, 3.63) is 41.1 Å². The summed E-state index contributed by atoms with van der Waals surface area (Å²) < 4.78 is 1.62. The number of carbonyl (C=O) groups is 2. The highest BCUT2D eigenvalue weighted by molar-refractivity contribution is 6.06. The van der Waals surface area contributed by atoms with Crippen LogP contribution in [0.2, 0.25) is 0 Å². The molecular weight excluding hydrogens is 256 g/mol. The summed E-state index contributed by atoms with van der Waals surface area (Å²) >= 11 is 0. The average molecular weight is 270 g/mol. The molecule has 0 spiro atoms. The van der Waals surface area contributed by atoms with E-state index in [1.807, 2.05) is 6.92 Å². The van der Waals surface area contributed by atoms with Gasteiger partial charge in [-0.15, -0.1) is 0 Å². The third-order valence-electron chi connectivity index (χ3n) is 3.24. The number of fused-ring (bicyclic) bond motifs is 1. The van der Waals surface area contributed by atoms with E-state index in [0.29, 0.717) is 17.8 Å². The summed E-state index contributed by atoms with van der Waals surface area (Å²) in [5.41, 5.74) is 3.00. The van der Waals surface area contributed by atoms with Gasteiger partial charge < -0.3 is 10.6 Å². The van der Waals surface area contributed by atoms with Gasteiger partial charge in [0.05, 0.1) is 12.1 Å². The lowest BCUT2D eigenvalue weighted by molar-refractivity contribution is -0.115. The maximum atomic E-state index is 12.2. The molecule has 0 aliphatic carbocycles. The maximum absolute atomic E-state index is 12.2. The summed E-state index contributed by atoms with van der Waals surface area (Å²) in [6.07, 6.45) is 0.321. The molecule has 2 aromatic rings. The minimum Gasteiger partial charge on any atom is -0.326 e. The normalized spacial score (nSPS) is 13.0. The molecule has 1 aliphatic heterocycles. The van der Waals surface area contributed by atoms with E-state index in [4.69, 9.17) is 0 Å². The zero-order valence-electron chi connectivity index (χ0n) is 11.2. The molecule has 0 atom stereocenters. The van der Waals surface area contributed by atoms with Gasteiger partial charge in [-0.1, -0.05) is 0 Å². The highest BCUT2D eigenvalue weighted by Crippen LogP contribution is 2.24. The number of rotatable bonds is 2. The largest absolute Gasteiger partial charge is 0.326 e. The molecule has 1 aliphatic rings. The Morgan fingerprint density at radius 3 is 2.90 bits per heavy atom. The Morgan fingerprint density at radius 2 is 2.20 bits per heavy atom. The third-order valence-corrected chi connectivity index (χ3v) is 3.24. The second-order valence-corrected chi connectivity index (χ2v) is 4.85. The summed E-state index contributed by atoms with van der Waals surface area (Å²) in [7, 11) is 1.77. The maximum Gasteiger partial charge on any atom is 0.256 e. The minimum atomic E-state index is -0.213. The lowest BCUT2D eigenvalue weighted by Gasteiger charge is -2.06. The zero-order chi connectivity index (χ0) is 14.3. The zero-order valence-corrected chi connectivity index (χ0v) is 11.2. The topological polar surface area (TPSA) is 76.0 Å². The molecule has 1 aromatic heterocycles. The van der Waals surface area contributed by atoms with Crippen LogP contribution in [0.1, 0.15) is 21.6 Å². The van der Waals surface area contributed by atoms with Gasteiger partial charge in [0, 0.05) is 24.4 Å². The van der Waals surface area contributed by atoms with E-state index < -0.39 is 0 Å². The van der Waals surface area contributed by atoms with Crippen molar-refractivity contribution < 1.29 is 9.59 Å². The van der Waals surface area contributed by atoms with E-state index in [1.54, 1.807) is 36.0 Å². The first-order valence-corrected chi connectivity index (χ1v) is 6.28. The number of anilines is 2. The molecule has 6 heteroatoms. The summed E-state index contributed by atoms with van der Waals surface area (Å²) in [5, 5.41) is 9.72. The van der Waals surface area contributed by atoms with Gasteiger partial charge in [-0.25, -0.2) is 0 Å². The van der Waals surface area contributed by atoms with Crippen LogP contribution in [0.3, 0.4) is 0 Å². The van der Waals surface area contributed by atoms with E-state index in [1.165, 1.54) is 0 Å². The molecule has 0 unspecified atom stereocenters. The molecule has 1 aromatic carbocycles. The number of aryl methyl sites for hydroxylation is 2. The van der Waals surface area contributed by atoms with Crippen LogP contribution in [-0.2, 0) is 18.3 Å². The fourth-order valence-electron chi connectivity index (χ4n) is 2.29. The molecule has 6 nitrogen and oxygen atoms in total. The lowest BCUT2D eigenvalue weighted by Crippen LogP contribution is -2.14. The van der Waals surface area contributed by atoms with Crippen LogP contribution in [0.25, 0.3) is 0 Å². The van der Waals surface area contributed by atoms with Gasteiger partial charge in [0.15, 0.2) is 0 Å². The van der Waals surface area contributed by atoms with Crippen LogP contribution >= 0.6 is 0 Å². The first kappa shape index (κ1) is 12.4. The van der Waals surface area contributed by atoms with Crippen LogP contribution in [0.4, 0.5) is 11.5 Å². The number of benzene rings is 1.